The van der Waals surface area contributed by atoms with Crippen molar-refractivity contribution in [2.75, 3.05) is 48.0 Å². The van der Waals surface area contributed by atoms with Crippen LogP contribution in [0.4, 0.5) is 0 Å². The van der Waals surface area contributed by atoms with Crippen LogP contribution in [-0.2, 0) is 6.42 Å². The Morgan fingerprint density at radius 1 is 1.12 bits per heavy atom. The van der Waals surface area contributed by atoms with Crippen molar-refractivity contribution >= 4 is 5.96 Å². The van der Waals surface area contributed by atoms with E-state index < -0.39 is 0 Å². The SMILES string of the molecule is CN=C(NCCc1c(OC)cc(OC)cc1OC)N1CCC2(CCC2)C1. The van der Waals surface area contributed by atoms with Crippen molar-refractivity contribution in [3.8, 4) is 17.2 Å². The molecule has 1 heterocycles. The van der Waals surface area contributed by atoms with Gasteiger partial charge in [0.2, 0.25) is 0 Å². The molecule has 1 aromatic rings. The number of guanidine groups is 1. The molecule has 0 radical (unpaired) electrons. The van der Waals surface area contributed by atoms with Gasteiger partial charge in [0.15, 0.2) is 5.96 Å². The third-order valence-electron chi connectivity index (χ3n) is 5.84. The van der Waals surface area contributed by atoms with Crippen molar-refractivity contribution in [3.63, 3.8) is 0 Å². The van der Waals surface area contributed by atoms with E-state index in [1.54, 1.807) is 21.3 Å². The Hall–Kier alpha value is -2.11. The quantitative estimate of drug-likeness (QED) is 0.624. The molecule has 6 heteroatoms. The fourth-order valence-electron chi connectivity index (χ4n) is 4.16. The second-order valence-electron chi connectivity index (χ2n) is 7.26. The zero-order valence-electron chi connectivity index (χ0n) is 16.4. The van der Waals surface area contributed by atoms with E-state index in [1.165, 1.54) is 25.7 Å². The molecule has 0 atom stereocenters. The van der Waals surface area contributed by atoms with Crippen molar-refractivity contribution in [1.29, 1.82) is 0 Å². The summed E-state index contributed by atoms with van der Waals surface area (Å²) in [6.07, 6.45) is 6.22. The lowest BCUT2D eigenvalue weighted by molar-refractivity contribution is 0.151. The molecule has 0 bridgehead atoms. The number of methoxy groups -OCH3 is 3. The predicted octanol–water partition coefficient (Wildman–Crippen LogP) is 2.71. The highest BCUT2D eigenvalue weighted by Crippen LogP contribution is 2.47. The largest absolute Gasteiger partial charge is 0.496 e. The lowest BCUT2D eigenvalue weighted by Gasteiger charge is -2.38. The molecule has 2 aliphatic rings. The highest BCUT2D eigenvalue weighted by molar-refractivity contribution is 5.80. The minimum atomic E-state index is 0.569. The number of likely N-dealkylation sites (tertiary alicyclic amines) is 1. The number of benzene rings is 1. The first-order valence-electron chi connectivity index (χ1n) is 9.39. The summed E-state index contributed by atoms with van der Waals surface area (Å²) in [7, 11) is 6.85. The zero-order valence-corrected chi connectivity index (χ0v) is 16.4. The van der Waals surface area contributed by atoms with Gasteiger partial charge in [-0.2, -0.15) is 0 Å². The van der Waals surface area contributed by atoms with Crippen LogP contribution in [0.15, 0.2) is 17.1 Å². The summed E-state index contributed by atoms with van der Waals surface area (Å²) in [5.74, 6) is 3.30. The second kappa shape index (κ2) is 8.06. The molecule has 1 N–H and O–H groups in total. The minimum absolute atomic E-state index is 0.569. The average molecular weight is 361 g/mol. The van der Waals surface area contributed by atoms with Crippen LogP contribution in [0.1, 0.15) is 31.2 Å². The summed E-state index contributed by atoms with van der Waals surface area (Å²) in [6.45, 7) is 3.02. The normalized spacial score (nSPS) is 18.6. The molecule has 3 rings (SSSR count). The number of aliphatic imine (C=N–C) groups is 1. The first-order valence-corrected chi connectivity index (χ1v) is 9.39. The number of ether oxygens (including phenoxy) is 3. The van der Waals surface area contributed by atoms with Gasteiger partial charge in [-0.05, 0) is 31.1 Å². The van der Waals surface area contributed by atoms with Gasteiger partial charge >= 0.3 is 0 Å². The van der Waals surface area contributed by atoms with Crippen LogP contribution >= 0.6 is 0 Å². The minimum Gasteiger partial charge on any atom is -0.496 e. The molecule has 0 unspecified atom stereocenters. The highest BCUT2D eigenvalue weighted by atomic mass is 16.5. The fourth-order valence-corrected chi connectivity index (χ4v) is 4.16. The van der Waals surface area contributed by atoms with Crippen LogP contribution in [0, 0.1) is 5.41 Å². The third-order valence-corrected chi connectivity index (χ3v) is 5.84. The topological polar surface area (TPSA) is 55.3 Å². The van der Waals surface area contributed by atoms with Crippen LogP contribution in [0.25, 0.3) is 0 Å². The van der Waals surface area contributed by atoms with Crippen molar-refractivity contribution in [1.82, 2.24) is 10.2 Å². The van der Waals surface area contributed by atoms with Gasteiger partial charge in [0.05, 0.1) is 21.3 Å². The lowest BCUT2D eigenvalue weighted by Crippen LogP contribution is -2.43. The maximum Gasteiger partial charge on any atom is 0.193 e. The van der Waals surface area contributed by atoms with Gasteiger partial charge in [-0.3, -0.25) is 4.99 Å². The number of hydrogen-bond donors (Lipinski definition) is 1. The van der Waals surface area contributed by atoms with E-state index in [0.29, 0.717) is 5.41 Å². The van der Waals surface area contributed by atoms with Gasteiger partial charge in [0.25, 0.3) is 0 Å². The number of rotatable bonds is 6. The molecular weight excluding hydrogens is 330 g/mol. The van der Waals surface area contributed by atoms with Crippen LogP contribution in [0.3, 0.4) is 0 Å². The Morgan fingerprint density at radius 3 is 2.27 bits per heavy atom. The monoisotopic (exact) mass is 361 g/mol. The van der Waals surface area contributed by atoms with Crippen LogP contribution in [0.5, 0.6) is 17.2 Å². The van der Waals surface area contributed by atoms with E-state index in [1.807, 2.05) is 19.2 Å². The van der Waals surface area contributed by atoms with E-state index in [9.17, 15) is 0 Å². The van der Waals surface area contributed by atoms with E-state index >= 15 is 0 Å². The maximum atomic E-state index is 5.53. The van der Waals surface area contributed by atoms with E-state index in [4.69, 9.17) is 14.2 Å². The number of nitrogens with one attached hydrogen (secondary N) is 1. The molecule has 1 spiro atoms. The number of nitrogens with zero attached hydrogens (tertiary/aromatic N) is 2. The standard InChI is InChI=1S/C20H31N3O3/c1-21-19(23-11-9-20(14-23)7-5-8-20)22-10-6-16-17(25-3)12-15(24-2)13-18(16)26-4/h12-13H,5-11,14H2,1-4H3,(H,21,22). The Bertz CT molecular complexity index is 631. The van der Waals surface area contributed by atoms with Crippen molar-refractivity contribution < 1.29 is 14.2 Å². The molecule has 144 valence electrons. The fraction of sp³-hybridized carbons (Fsp3) is 0.650. The Labute approximate surface area is 156 Å². The molecule has 1 aromatic carbocycles. The van der Waals surface area contributed by atoms with E-state index in [2.05, 4.69) is 15.2 Å². The van der Waals surface area contributed by atoms with Crippen molar-refractivity contribution in [3.05, 3.63) is 17.7 Å². The first kappa shape index (κ1) is 18.7. The van der Waals surface area contributed by atoms with Gasteiger partial charge in [0.1, 0.15) is 17.2 Å². The van der Waals surface area contributed by atoms with E-state index in [0.717, 1.165) is 54.8 Å². The molecule has 0 aromatic heterocycles. The Morgan fingerprint density at radius 2 is 1.81 bits per heavy atom. The summed E-state index contributed by atoms with van der Waals surface area (Å²) >= 11 is 0. The zero-order chi connectivity index (χ0) is 18.6. The summed E-state index contributed by atoms with van der Waals surface area (Å²) < 4.78 is 16.4. The first-order chi connectivity index (χ1) is 12.6. The maximum absolute atomic E-state index is 5.53. The van der Waals surface area contributed by atoms with Gasteiger partial charge in [-0.15, -0.1) is 0 Å². The molecule has 1 aliphatic carbocycles. The molecular formula is C20H31N3O3. The number of hydrogen-bond acceptors (Lipinski definition) is 4. The molecule has 1 saturated heterocycles. The van der Waals surface area contributed by atoms with Crippen molar-refractivity contribution in [2.24, 2.45) is 10.4 Å². The average Bonchev–Trinajstić information content (AvgIpc) is 3.10. The molecule has 6 nitrogen and oxygen atoms in total. The molecule has 2 fully saturated rings. The Balaban J connectivity index is 1.62. The molecule has 1 aliphatic heterocycles. The Kier molecular flexibility index (Phi) is 5.79. The predicted molar refractivity (Wildman–Crippen MR) is 104 cm³/mol. The summed E-state index contributed by atoms with van der Waals surface area (Å²) in [4.78, 5) is 6.89. The van der Waals surface area contributed by atoms with Crippen LogP contribution < -0.4 is 19.5 Å². The molecule has 26 heavy (non-hydrogen) atoms. The van der Waals surface area contributed by atoms with Crippen LogP contribution in [0.2, 0.25) is 0 Å². The van der Waals surface area contributed by atoms with Crippen molar-refractivity contribution in [2.45, 2.75) is 32.1 Å². The van der Waals surface area contributed by atoms with Crippen LogP contribution in [-0.4, -0.2) is 58.9 Å². The van der Waals surface area contributed by atoms with Gasteiger partial charge in [0, 0.05) is 44.4 Å². The smallest absolute Gasteiger partial charge is 0.193 e. The molecule has 1 saturated carbocycles. The summed E-state index contributed by atoms with van der Waals surface area (Å²) in [5.41, 5.74) is 1.61. The van der Waals surface area contributed by atoms with E-state index in [-0.39, 0.29) is 0 Å². The van der Waals surface area contributed by atoms with Gasteiger partial charge in [-0.25, -0.2) is 0 Å². The second-order valence-corrected chi connectivity index (χ2v) is 7.26. The summed E-state index contributed by atoms with van der Waals surface area (Å²) in [6, 6.07) is 3.79. The van der Waals surface area contributed by atoms with Gasteiger partial charge < -0.3 is 24.4 Å². The molecule has 0 amide bonds. The summed E-state index contributed by atoms with van der Waals surface area (Å²) in [5, 5.41) is 3.51. The third kappa shape index (κ3) is 3.69. The lowest BCUT2D eigenvalue weighted by atomic mass is 9.68. The highest BCUT2D eigenvalue weighted by Gasteiger charge is 2.43. The van der Waals surface area contributed by atoms with Gasteiger partial charge in [-0.1, -0.05) is 6.42 Å².